The number of carbonyl (C=O) groups is 1. The fourth-order valence-corrected chi connectivity index (χ4v) is 2.85. The third kappa shape index (κ3) is 3.43. The first-order valence-electron chi connectivity index (χ1n) is 7.39. The summed E-state index contributed by atoms with van der Waals surface area (Å²) in [5, 5.41) is 3.80. The number of ether oxygens (including phenoxy) is 1. The number of hydrogen-bond acceptors (Lipinski definition) is 4. The summed E-state index contributed by atoms with van der Waals surface area (Å²) in [6, 6.07) is 3.27. The van der Waals surface area contributed by atoms with Gasteiger partial charge in [0.15, 0.2) is 0 Å². The average molecular weight is 311 g/mol. The van der Waals surface area contributed by atoms with Crippen LogP contribution in [0.3, 0.4) is 0 Å². The molecule has 2 rings (SSSR count). The Kier molecular flexibility index (Phi) is 4.67. The molecule has 1 aromatic carbocycles. The number of rotatable bonds is 6. The smallest absolute Gasteiger partial charge is 0.340 e. The number of benzene rings is 1. The molecule has 5 heteroatoms. The van der Waals surface area contributed by atoms with Gasteiger partial charge in [0.25, 0.3) is 0 Å². The Labute approximate surface area is 131 Å². The number of hydrogen-bond donors (Lipinski definition) is 2. The summed E-state index contributed by atoms with van der Waals surface area (Å²) in [6.45, 7) is 7.36. The summed E-state index contributed by atoms with van der Waals surface area (Å²) >= 11 is 6.26. The van der Waals surface area contributed by atoms with Crippen molar-refractivity contribution in [2.45, 2.75) is 33.6 Å². The molecular formula is C16H23ClN2O2. The summed E-state index contributed by atoms with van der Waals surface area (Å²) < 4.78 is 5.08. The molecule has 1 saturated carbocycles. The number of nitrogens with two attached hydrogens (primary N) is 1. The zero-order chi connectivity index (χ0) is 15.6. The summed E-state index contributed by atoms with van der Waals surface area (Å²) in [5.41, 5.74) is 7.58. The van der Waals surface area contributed by atoms with Crippen molar-refractivity contribution in [3.63, 3.8) is 0 Å². The number of nitrogens with one attached hydrogen (secondary N) is 1. The van der Waals surface area contributed by atoms with E-state index in [9.17, 15) is 4.79 Å². The van der Waals surface area contributed by atoms with Gasteiger partial charge in [-0.25, -0.2) is 4.79 Å². The third-order valence-corrected chi connectivity index (χ3v) is 4.64. The van der Waals surface area contributed by atoms with Gasteiger partial charge in [-0.3, -0.25) is 0 Å². The lowest BCUT2D eigenvalue weighted by molar-refractivity contribution is 0.0527. The Bertz CT molecular complexity index is 539. The number of esters is 1. The minimum absolute atomic E-state index is 0.316. The predicted octanol–water partition coefficient (Wildman–Crippen LogP) is 3.95. The molecule has 1 fully saturated rings. The SMILES string of the molecule is CCOC(=O)c1cc(N)cc(Cl)c1NCC1(C(C)C)CC1. The molecule has 0 amide bonds. The van der Waals surface area contributed by atoms with E-state index < -0.39 is 5.97 Å². The van der Waals surface area contributed by atoms with Gasteiger partial charge in [-0.05, 0) is 43.2 Å². The van der Waals surface area contributed by atoms with E-state index in [1.807, 2.05) is 0 Å². The van der Waals surface area contributed by atoms with Crippen LogP contribution >= 0.6 is 11.6 Å². The van der Waals surface area contributed by atoms with E-state index in [1.54, 1.807) is 19.1 Å². The number of halogens is 1. The van der Waals surface area contributed by atoms with Crippen LogP contribution in [0.5, 0.6) is 0 Å². The van der Waals surface area contributed by atoms with Crippen LogP contribution in [0.25, 0.3) is 0 Å². The first kappa shape index (κ1) is 16.0. The molecule has 21 heavy (non-hydrogen) atoms. The molecule has 0 spiro atoms. The van der Waals surface area contributed by atoms with E-state index in [0.29, 0.717) is 39.9 Å². The van der Waals surface area contributed by atoms with Gasteiger partial charge in [0.1, 0.15) is 0 Å². The van der Waals surface area contributed by atoms with Gasteiger partial charge in [-0.1, -0.05) is 25.4 Å². The van der Waals surface area contributed by atoms with Gasteiger partial charge in [-0.15, -0.1) is 0 Å². The average Bonchev–Trinajstić information content (AvgIpc) is 3.18. The molecule has 1 aliphatic rings. The molecule has 0 unspecified atom stereocenters. The van der Waals surface area contributed by atoms with Crippen molar-refractivity contribution in [1.29, 1.82) is 0 Å². The quantitative estimate of drug-likeness (QED) is 0.617. The minimum Gasteiger partial charge on any atom is -0.462 e. The largest absolute Gasteiger partial charge is 0.462 e. The molecule has 3 N–H and O–H groups in total. The maximum Gasteiger partial charge on any atom is 0.340 e. The second-order valence-corrected chi connectivity index (χ2v) is 6.42. The van der Waals surface area contributed by atoms with Crippen molar-refractivity contribution < 1.29 is 9.53 Å². The van der Waals surface area contributed by atoms with Crippen LogP contribution in [-0.2, 0) is 4.74 Å². The second-order valence-electron chi connectivity index (χ2n) is 6.02. The lowest BCUT2D eigenvalue weighted by atomic mass is 9.92. The van der Waals surface area contributed by atoms with E-state index in [1.165, 1.54) is 12.8 Å². The Morgan fingerprint density at radius 3 is 2.67 bits per heavy atom. The molecule has 0 atom stereocenters. The van der Waals surface area contributed by atoms with E-state index >= 15 is 0 Å². The minimum atomic E-state index is -0.399. The lowest BCUT2D eigenvalue weighted by Gasteiger charge is -2.22. The molecular weight excluding hydrogens is 288 g/mol. The highest BCUT2D eigenvalue weighted by molar-refractivity contribution is 6.34. The summed E-state index contributed by atoms with van der Waals surface area (Å²) in [7, 11) is 0. The van der Waals surface area contributed by atoms with Gasteiger partial charge in [0.05, 0.1) is 22.9 Å². The van der Waals surface area contributed by atoms with Crippen LogP contribution in [0.4, 0.5) is 11.4 Å². The molecule has 116 valence electrons. The molecule has 0 saturated heterocycles. The molecule has 0 heterocycles. The van der Waals surface area contributed by atoms with Crippen LogP contribution < -0.4 is 11.1 Å². The van der Waals surface area contributed by atoms with Crippen molar-refractivity contribution in [2.75, 3.05) is 24.2 Å². The Morgan fingerprint density at radius 2 is 2.14 bits per heavy atom. The maximum atomic E-state index is 12.1. The molecule has 4 nitrogen and oxygen atoms in total. The van der Waals surface area contributed by atoms with Crippen molar-refractivity contribution in [3.05, 3.63) is 22.7 Å². The fraction of sp³-hybridized carbons (Fsp3) is 0.562. The highest BCUT2D eigenvalue weighted by atomic mass is 35.5. The normalized spacial score (nSPS) is 15.9. The fourth-order valence-electron chi connectivity index (χ4n) is 2.56. The predicted molar refractivity (Wildman–Crippen MR) is 86.8 cm³/mol. The maximum absolute atomic E-state index is 12.1. The van der Waals surface area contributed by atoms with Crippen molar-refractivity contribution >= 4 is 28.9 Å². The molecule has 0 radical (unpaired) electrons. The molecule has 0 aliphatic heterocycles. The van der Waals surface area contributed by atoms with Crippen molar-refractivity contribution in [2.24, 2.45) is 11.3 Å². The highest BCUT2D eigenvalue weighted by Crippen LogP contribution is 2.52. The van der Waals surface area contributed by atoms with Crippen molar-refractivity contribution in [3.8, 4) is 0 Å². The third-order valence-electron chi connectivity index (χ3n) is 4.34. The van der Waals surface area contributed by atoms with Crippen LogP contribution in [0, 0.1) is 11.3 Å². The zero-order valence-electron chi connectivity index (χ0n) is 12.8. The zero-order valence-corrected chi connectivity index (χ0v) is 13.6. The van der Waals surface area contributed by atoms with E-state index in [2.05, 4.69) is 19.2 Å². The lowest BCUT2D eigenvalue weighted by Crippen LogP contribution is -2.22. The molecule has 1 aromatic rings. The summed E-state index contributed by atoms with van der Waals surface area (Å²) in [6.07, 6.45) is 2.41. The van der Waals surface area contributed by atoms with Crippen LogP contribution in [-0.4, -0.2) is 19.1 Å². The Morgan fingerprint density at radius 1 is 1.48 bits per heavy atom. The number of anilines is 2. The standard InChI is InChI=1S/C16H23ClN2O2/c1-4-21-15(20)12-7-11(18)8-13(17)14(12)19-9-16(5-6-16)10(2)3/h7-8,10,19H,4-6,9,18H2,1-3H3. The van der Waals surface area contributed by atoms with Gasteiger partial charge >= 0.3 is 5.97 Å². The van der Waals surface area contributed by atoms with Gasteiger partial charge < -0.3 is 15.8 Å². The first-order valence-corrected chi connectivity index (χ1v) is 7.77. The van der Waals surface area contributed by atoms with Crippen molar-refractivity contribution in [1.82, 2.24) is 0 Å². The van der Waals surface area contributed by atoms with E-state index in [4.69, 9.17) is 22.1 Å². The molecule has 1 aliphatic carbocycles. The van der Waals surface area contributed by atoms with Gasteiger partial charge in [-0.2, -0.15) is 0 Å². The first-order chi connectivity index (χ1) is 9.89. The Balaban J connectivity index is 2.23. The van der Waals surface area contributed by atoms with Crippen LogP contribution in [0.15, 0.2) is 12.1 Å². The second kappa shape index (κ2) is 6.14. The molecule has 0 aromatic heterocycles. The number of carbonyl (C=O) groups excluding carboxylic acids is 1. The summed E-state index contributed by atoms with van der Waals surface area (Å²) in [5.74, 6) is 0.201. The molecule has 0 bridgehead atoms. The van der Waals surface area contributed by atoms with E-state index in [-0.39, 0.29) is 0 Å². The van der Waals surface area contributed by atoms with Crippen LogP contribution in [0.2, 0.25) is 5.02 Å². The van der Waals surface area contributed by atoms with E-state index in [0.717, 1.165) is 6.54 Å². The number of nitrogen functional groups attached to an aromatic ring is 1. The topological polar surface area (TPSA) is 64.3 Å². The van der Waals surface area contributed by atoms with Crippen LogP contribution in [0.1, 0.15) is 44.0 Å². The van der Waals surface area contributed by atoms with Gasteiger partial charge in [0.2, 0.25) is 0 Å². The summed E-state index contributed by atoms with van der Waals surface area (Å²) in [4.78, 5) is 12.1. The van der Waals surface area contributed by atoms with Gasteiger partial charge in [0, 0.05) is 12.2 Å². The Hall–Kier alpha value is -1.42. The highest BCUT2D eigenvalue weighted by Gasteiger charge is 2.45. The monoisotopic (exact) mass is 310 g/mol.